The van der Waals surface area contributed by atoms with E-state index in [9.17, 15) is 4.79 Å². The number of aromatic nitrogens is 2. The molecule has 0 aliphatic carbocycles. The van der Waals surface area contributed by atoms with Crippen molar-refractivity contribution in [3.8, 4) is 11.3 Å². The van der Waals surface area contributed by atoms with E-state index in [-0.39, 0.29) is 6.42 Å². The van der Waals surface area contributed by atoms with E-state index in [0.717, 1.165) is 11.3 Å². The summed E-state index contributed by atoms with van der Waals surface area (Å²) in [5, 5.41) is 13.1. The van der Waals surface area contributed by atoms with E-state index in [2.05, 4.69) is 38.0 Å². The van der Waals surface area contributed by atoms with Crippen molar-refractivity contribution < 1.29 is 9.90 Å². The Hall–Kier alpha value is -2.10. The van der Waals surface area contributed by atoms with Gasteiger partial charge in [-0.3, -0.25) is 9.48 Å². The minimum atomic E-state index is -0.860. The lowest BCUT2D eigenvalue weighted by Crippen LogP contribution is -2.01. The molecule has 0 saturated carbocycles. The number of carboxylic acid groups (broad SMARTS) is 1. The number of hydrogen-bond donors (Lipinski definition) is 1. The first-order chi connectivity index (χ1) is 8.88. The molecule has 0 radical (unpaired) electrons. The van der Waals surface area contributed by atoms with E-state index < -0.39 is 5.97 Å². The first-order valence-corrected chi connectivity index (χ1v) is 6.21. The van der Waals surface area contributed by atoms with Crippen molar-refractivity contribution in [3.63, 3.8) is 0 Å². The minimum Gasteiger partial charge on any atom is -0.481 e. The highest BCUT2D eigenvalue weighted by molar-refractivity contribution is 5.71. The zero-order chi connectivity index (χ0) is 14.2. The minimum absolute atomic E-state index is 0.0439. The van der Waals surface area contributed by atoms with Gasteiger partial charge < -0.3 is 5.11 Å². The summed E-state index contributed by atoms with van der Waals surface area (Å²) in [7, 11) is 1.84. The molecule has 0 atom stereocenters. The van der Waals surface area contributed by atoms with Crippen LogP contribution in [0.4, 0.5) is 0 Å². The fourth-order valence-corrected chi connectivity index (χ4v) is 2.26. The van der Waals surface area contributed by atoms with Crippen LogP contribution in [0.3, 0.4) is 0 Å². The summed E-state index contributed by atoms with van der Waals surface area (Å²) in [4.78, 5) is 10.7. The lowest BCUT2D eigenvalue weighted by atomic mass is 9.98. The zero-order valence-corrected chi connectivity index (χ0v) is 11.7. The van der Waals surface area contributed by atoms with Crippen molar-refractivity contribution in [2.45, 2.75) is 27.2 Å². The highest BCUT2D eigenvalue weighted by Crippen LogP contribution is 2.26. The second-order valence-electron chi connectivity index (χ2n) is 4.97. The van der Waals surface area contributed by atoms with Crippen LogP contribution >= 0.6 is 0 Å². The zero-order valence-electron chi connectivity index (χ0n) is 11.7. The van der Waals surface area contributed by atoms with Gasteiger partial charge in [0.05, 0.1) is 17.8 Å². The SMILES string of the molecule is Cc1cc(C)c(-c2cc(CC(=O)O)nn2C)cc1C. The average Bonchev–Trinajstić information content (AvgIpc) is 2.63. The third-order valence-corrected chi connectivity index (χ3v) is 3.38. The molecular formula is C15H18N2O2. The lowest BCUT2D eigenvalue weighted by Gasteiger charge is -2.09. The van der Waals surface area contributed by atoms with Gasteiger partial charge in [0.1, 0.15) is 0 Å². The molecule has 2 rings (SSSR count). The van der Waals surface area contributed by atoms with Gasteiger partial charge in [0.15, 0.2) is 0 Å². The Bertz CT molecular complexity index is 642. The van der Waals surface area contributed by atoms with Gasteiger partial charge in [-0.2, -0.15) is 5.10 Å². The van der Waals surface area contributed by atoms with Gasteiger partial charge in [0.2, 0.25) is 0 Å². The maximum absolute atomic E-state index is 10.7. The standard InChI is InChI=1S/C15H18N2O2/c1-9-5-11(3)13(6-10(9)2)14-7-12(8-15(18)19)16-17(14)4/h5-7H,8H2,1-4H3,(H,18,19). The van der Waals surface area contributed by atoms with Gasteiger partial charge in [-0.1, -0.05) is 6.07 Å². The fraction of sp³-hybridized carbons (Fsp3) is 0.333. The smallest absolute Gasteiger partial charge is 0.309 e. The van der Waals surface area contributed by atoms with E-state index in [4.69, 9.17) is 5.11 Å². The highest BCUT2D eigenvalue weighted by Gasteiger charge is 2.12. The summed E-state index contributed by atoms with van der Waals surface area (Å²) < 4.78 is 1.75. The summed E-state index contributed by atoms with van der Waals surface area (Å²) in [6, 6.07) is 6.13. The van der Waals surface area contributed by atoms with Gasteiger partial charge in [-0.15, -0.1) is 0 Å². The summed E-state index contributed by atoms with van der Waals surface area (Å²) in [6.45, 7) is 6.23. The number of benzene rings is 1. The van der Waals surface area contributed by atoms with Crippen LogP contribution in [0, 0.1) is 20.8 Å². The molecule has 0 unspecified atom stereocenters. The summed E-state index contributed by atoms with van der Waals surface area (Å²) in [6.07, 6.45) is -0.0439. The molecule has 1 heterocycles. The van der Waals surface area contributed by atoms with Crippen molar-refractivity contribution in [3.05, 3.63) is 40.6 Å². The molecule has 4 nitrogen and oxygen atoms in total. The summed E-state index contributed by atoms with van der Waals surface area (Å²) in [5.41, 5.74) is 6.30. The molecule has 100 valence electrons. The van der Waals surface area contributed by atoms with Crippen molar-refractivity contribution in [2.75, 3.05) is 0 Å². The molecular weight excluding hydrogens is 240 g/mol. The van der Waals surface area contributed by atoms with E-state index in [1.54, 1.807) is 4.68 Å². The van der Waals surface area contributed by atoms with Gasteiger partial charge >= 0.3 is 5.97 Å². The Morgan fingerprint density at radius 3 is 2.42 bits per heavy atom. The lowest BCUT2D eigenvalue weighted by molar-refractivity contribution is -0.136. The van der Waals surface area contributed by atoms with Gasteiger partial charge in [0, 0.05) is 12.6 Å². The number of carbonyl (C=O) groups is 1. The fourth-order valence-electron chi connectivity index (χ4n) is 2.26. The largest absolute Gasteiger partial charge is 0.481 e. The van der Waals surface area contributed by atoms with Crippen LogP contribution in [-0.4, -0.2) is 20.9 Å². The Labute approximate surface area is 112 Å². The second-order valence-corrected chi connectivity index (χ2v) is 4.97. The van der Waals surface area contributed by atoms with Gasteiger partial charge in [-0.25, -0.2) is 0 Å². The first kappa shape index (κ1) is 13.3. The molecule has 1 aromatic carbocycles. The maximum atomic E-state index is 10.7. The number of aryl methyl sites for hydroxylation is 4. The Morgan fingerprint density at radius 1 is 1.16 bits per heavy atom. The molecule has 1 aromatic heterocycles. The third-order valence-electron chi connectivity index (χ3n) is 3.38. The number of carboxylic acids is 1. The molecule has 0 aliphatic rings. The van der Waals surface area contributed by atoms with Crippen LogP contribution < -0.4 is 0 Å². The number of aliphatic carboxylic acids is 1. The first-order valence-electron chi connectivity index (χ1n) is 6.21. The van der Waals surface area contributed by atoms with Crippen LogP contribution in [0.15, 0.2) is 18.2 Å². The van der Waals surface area contributed by atoms with Crippen molar-refractivity contribution in [1.82, 2.24) is 9.78 Å². The molecule has 0 bridgehead atoms. The van der Waals surface area contributed by atoms with Crippen molar-refractivity contribution in [1.29, 1.82) is 0 Å². The maximum Gasteiger partial charge on any atom is 0.309 e. The molecule has 2 aromatic rings. The molecule has 0 spiro atoms. The van der Waals surface area contributed by atoms with E-state index in [0.29, 0.717) is 5.69 Å². The Balaban J connectivity index is 2.50. The van der Waals surface area contributed by atoms with E-state index in [1.807, 2.05) is 13.1 Å². The predicted octanol–water partition coefficient (Wildman–Crippen LogP) is 2.64. The monoisotopic (exact) mass is 258 g/mol. The van der Waals surface area contributed by atoms with Crippen molar-refractivity contribution >= 4 is 5.97 Å². The number of hydrogen-bond acceptors (Lipinski definition) is 2. The molecule has 1 N–H and O–H groups in total. The van der Waals surface area contributed by atoms with Gasteiger partial charge in [-0.05, 0) is 49.6 Å². The number of rotatable bonds is 3. The average molecular weight is 258 g/mol. The van der Waals surface area contributed by atoms with Crippen LogP contribution in [0.5, 0.6) is 0 Å². The Morgan fingerprint density at radius 2 is 1.79 bits per heavy atom. The van der Waals surface area contributed by atoms with Crippen molar-refractivity contribution in [2.24, 2.45) is 7.05 Å². The normalized spacial score (nSPS) is 10.7. The molecule has 0 saturated heterocycles. The van der Waals surface area contributed by atoms with E-state index >= 15 is 0 Å². The van der Waals surface area contributed by atoms with Crippen LogP contribution in [0.25, 0.3) is 11.3 Å². The summed E-state index contributed by atoms with van der Waals surface area (Å²) >= 11 is 0. The molecule has 19 heavy (non-hydrogen) atoms. The van der Waals surface area contributed by atoms with Crippen LogP contribution in [0.2, 0.25) is 0 Å². The van der Waals surface area contributed by atoms with Crippen LogP contribution in [-0.2, 0) is 18.3 Å². The van der Waals surface area contributed by atoms with Gasteiger partial charge in [0.25, 0.3) is 0 Å². The molecule has 0 fully saturated rings. The molecule has 0 aliphatic heterocycles. The van der Waals surface area contributed by atoms with E-state index in [1.165, 1.54) is 16.7 Å². The number of nitrogens with zero attached hydrogens (tertiary/aromatic N) is 2. The topological polar surface area (TPSA) is 55.1 Å². The molecule has 4 heteroatoms. The third kappa shape index (κ3) is 2.67. The Kier molecular flexibility index (Phi) is 3.42. The predicted molar refractivity (Wildman–Crippen MR) is 74.2 cm³/mol. The second kappa shape index (κ2) is 4.88. The quantitative estimate of drug-likeness (QED) is 0.920. The van der Waals surface area contributed by atoms with Crippen LogP contribution in [0.1, 0.15) is 22.4 Å². The molecule has 0 amide bonds. The highest BCUT2D eigenvalue weighted by atomic mass is 16.4. The summed E-state index contributed by atoms with van der Waals surface area (Å²) in [5.74, 6) is -0.860.